The van der Waals surface area contributed by atoms with Gasteiger partial charge in [0.25, 0.3) is 0 Å². The van der Waals surface area contributed by atoms with Crippen molar-refractivity contribution < 1.29 is 4.74 Å². The van der Waals surface area contributed by atoms with Gasteiger partial charge in [0.15, 0.2) is 0 Å². The van der Waals surface area contributed by atoms with E-state index in [2.05, 4.69) is 108 Å². The van der Waals surface area contributed by atoms with Crippen LogP contribution in [0.15, 0.2) is 95.7 Å². The van der Waals surface area contributed by atoms with Gasteiger partial charge in [0.1, 0.15) is 13.8 Å². The highest BCUT2D eigenvalue weighted by atomic mass is 79.9. The second-order valence-corrected chi connectivity index (χ2v) is 14.8. The summed E-state index contributed by atoms with van der Waals surface area (Å²) in [5.41, 5.74) is 0. The van der Waals surface area contributed by atoms with Crippen LogP contribution in [0.1, 0.15) is 20.8 Å². The zero-order valence-corrected chi connectivity index (χ0v) is 20.9. The second-order valence-electron chi connectivity index (χ2n) is 8.95. The highest BCUT2D eigenvalue weighted by Gasteiger charge is 2.47. The Morgan fingerprint density at radius 3 is 2.00 bits per heavy atom. The van der Waals surface area contributed by atoms with Gasteiger partial charge in [-0.1, -0.05) is 108 Å². The van der Waals surface area contributed by atoms with Crippen LogP contribution in [-0.2, 0) is 0 Å². The van der Waals surface area contributed by atoms with Crippen molar-refractivity contribution in [2.24, 2.45) is 0 Å². The van der Waals surface area contributed by atoms with E-state index in [9.17, 15) is 0 Å². The minimum Gasteiger partial charge on any atom is -0.493 e. The van der Waals surface area contributed by atoms with Crippen LogP contribution in [0.3, 0.4) is 0 Å². The maximum absolute atomic E-state index is 6.45. The molecule has 4 aromatic rings. The molecule has 0 atom stereocenters. The lowest BCUT2D eigenvalue weighted by molar-refractivity contribution is 0.341. The van der Waals surface area contributed by atoms with Crippen molar-refractivity contribution in [2.45, 2.75) is 31.9 Å². The quantitative estimate of drug-likeness (QED) is 0.290. The van der Waals surface area contributed by atoms with E-state index in [1.807, 2.05) is 24.5 Å². The molecule has 1 heterocycles. The molecule has 0 bridgehead atoms. The molecule has 158 valence electrons. The molecular formula is C27H28BrNOSi. The molecule has 0 aliphatic carbocycles. The van der Waals surface area contributed by atoms with Crippen LogP contribution >= 0.6 is 15.9 Å². The van der Waals surface area contributed by atoms with E-state index in [4.69, 9.17) is 4.74 Å². The Kier molecular flexibility index (Phi) is 6.31. The molecule has 0 amide bonds. The minimum atomic E-state index is -2.13. The predicted octanol–water partition coefficient (Wildman–Crippen LogP) is 6.44. The summed E-state index contributed by atoms with van der Waals surface area (Å²) >= 11 is 3.63. The fourth-order valence-electron chi connectivity index (χ4n) is 4.71. The smallest absolute Gasteiger partial charge is 0.127 e. The summed E-state index contributed by atoms with van der Waals surface area (Å²) in [5.74, 6) is 0.915. The lowest BCUT2D eigenvalue weighted by Gasteiger charge is -2.44. The Balaban J connectivity index is 1.72. The molecule has 0 aliphatic rings. The van der Waals surface area contributed by atoms with E-state index < -0.39 is 8.07 Å². The van der Waals surface area contributed by atoms with Crippen LogP contribution in [0.4, 0.5) is 0 Å². The van der Waals surface area contributed by atoms with Crippen molar-refractivity contribution in [2.75, 3.05) is 6.61 Å². The van der Waals surface area contributed by atoms with E-state index in [-0.39, 0.29) is 5.04 Å². The number of rotatable bonds is 6. The van der Waals surface area contributed by atoms with Crippen LogP contribution in [0.5, 0.6) is 5.75 Å². The van der Waals surface area contributed by atoms with Gasteiger partial charge in [-0.2, -0.15) is 0 Å². The standard InChI is InChI=1S/C27H28BrNOSi/c1-27(2,3)31(21-10-6-4-7-11-21,22-12-8-5-9-13-22)19-18-30-26-15-14-25(28)24-20-29-17-16-23(24)26/h4-17,20H,18-19H2,1-3H3. The summed E-state index contributed by atoms with van der Waals surface area (Å²) in [6.45, 7) is 7.84. The fourth-order valence-corrected chi connectivity index (χ4v) is 10.5. The van der Waals surface area contributed by atoms with Crippen LogP contribution in [-0.4, -0.2) is 19.7 Å². The molecule has 0 N–H and O–H groups in total. The molecule has 31 heavy (non-hydrogen) atoms. The fraction of sp³-hybridized carbons (Fsp3) is 0.222. The molecule has 0 fully saturated rings. The lowest BCUT2D eigenvalue weighted by atomic mass is 10.1. The largest absolute Gasteiger partial charge is 0.493 e. The van der Waals surface area contributed by atoms with Crippen molar-refractivity contribution in [3.8, 4) is 5.75 Å². The van der Waals surface area contributed by atoms with Crippen LogP contribution in [0.25, 0.3) is 10.8 Å². The number of hydrogen-bond donors (Lipinski definition) is 0. The highest BCUT2D eigenvalue weighted by Crippen LogP contribution is 2.39. The SMILES string of the molecule is CC(C)(C)[Si](CCOc1ccc(Br)c2cnccc12)(c1ccccc1)c1ccccc1. The summed E-state index contributed by atoms with van der Waals surface area (Å²) < 4.78 is 7.49. The number of hydrogen-bond acceptors (Lipinski definition) is 2. The Bertz CT molecular complexity index is 1120. The third-order valence-corrected chi connectivity index (χ3v) is 13.1. The molecular weight excluding hydrogens is 462 g/mol. The number of benzene rings is 3. The number of nitrogens with zero attached hydrogens (tertiary/aromatic N) is 1. The van der Waals surface area contributed by atoms with Crippen molar-refractivity contribution in [1.29, 1.82) is 0 Å². The van der Waals surface area contributed by atoms with Crippen LogP contribution < -0.4 is 15.1 Å². The summed E-state index contributed by atoms with van der Waals surface area (Å²) in [5, 5.41) is 5.21. The average molecular weight is 491 g/mol. The number of ether oxygens (including phenoxy) is 1. The molecule has 4 heteroatoms. The van der Waals surface area contributed by atoms with Gasteiger partial charge in [-0.15, -0.1) is 0 Å². The van der Waals surface area contributed by atoms with E-state index in [0.717, 1.165) is 27.0 Å². The van der Waals surface area contributed by atoms with E-state index >= 15 is 0 Å². The normalized spacial score (nSPS) is 12.1. The van der Waals surface area contributed by atoms with Gasteiger partial charge < -0.3 is 4.74 Å². The molecule has 0 unspecified atom stereocenters. The first-order chi connectivity index (χ1) is 14.9. The number of fused-ring (bicyclic) bond motifs is 1. The summed E-state index contributed by atoms with van der Waals surface area (Å²) in [7, 11) is -2.13. The molecule has 0 radical (unpaired) electrons. The number of aromatic nitrogens is 1. The molecule has 0 spiro atoms. The van der Waals surface area contributed by atoms with Crippen LogP contribution in [0, 0.1) is 0 Å². The maximum atomic E-state index is 6.45. The van der Waals surface area contributed by atoms with Gasteiger partial charge in [-0.3, -0.25) is 4.98 Å². The third kappa shape index (κ3) is 4.19. The molecule has 0 aliphatic heterocycles. The first-order valence-electron chi connectivity index (χ1n) is 10.7. The topological polar surface area (TPSA) is 22.1 Å². The van der Waals surface area contributed by atoms with Gasteiger partial charge in [0, 0.05) is 27.6 Å². The molecule has 4 rings (SSSR count). The second kappa shape index (κ2) is 8.97. The zero-order chi connectivity index (χ0) is 21.9. The Labute approximate surface area is 194 Å². The van der Waals surface area contributed by atoms with E-state index in [0.29, 0.717) is 6.61 Å². The first kappa shape index (κ1) is 21.8. The van der Waals surface area contributed by atoms with E-state index in [1.165, 1.54) is 10.4 Å². The molecule has 0 saturated heterocycles. The average Bonchev–Trinajstić information content (AvgIpc) is 2.79. The summed E-state index contributed by atoms with van der Waals surface area (Å²) in [4.78, 5) is 4.27. The lowest BCUT2D eigenvalue weighted by Crippen LogP contribution is -2.64. The van der Waals surface area contributed by atoms with Crippen molar-refractivity contribution >= 4 is 45.1 Å². The summed E-state index contributed by atoms with van der Waals surface area (Å²) in [6, 6.07) is 29.3. The van der Waals surface area contributed by atoms with Gasteiger partial charge in [-0.05, 0) is 29.3 Å². The number of pyridine rings is 1. The minimum absolute atomic E-state index is 0.130. The van der Waals surface area contributed by atoms with Gasteiger partial charge >= 0.3 is 0 Å². The molecule has 2 nitrogen and oxygen atoms in total. The Hall–Kier alpha value is -2.43. The van der Waals surface area contributed by atoms with Crippen molar-refractivity contribution in [3.63, 3.8) is 0 Å². The molecule has 1 aromatic heterocycles. The van der Waals surface area contributed by atoms with E-state index in [1.54, 1.807) is 0 Å². The first-order valence-corrected chi connectivity index (χ1v) is 13.7. The third-order valence-electron chi connectivity index (χ3n) is 6.27. The van der Waals surface area contributed by atoms with Crippen LogP contribution in [0.2, 0.25) is 11.1 Å². The number of halogens is 1. The van der Waals surface area contributed by atoms with Crippen molar-refractivity contribution in [1.82, 2.24) is 4.98 Å². The molecule has 3 aromatic carbocycles. The van der Waals surface area contributed by atoms with Crippen molar-refractivity contribution in [3.05, 3.63) is 95.7 Å². The Morgan fingerprint density at radius 1 is 0.806 bits per heavy atom. The summed E-state index contributed by atoms with van der Waals surface area (Å²) in [6.07, 6.45) is 3.71. The highest BCUT2D eigenvalue weighted by molar-refractivity contribution is 9.10. The zero-order valence-electron chi connectivity index (χ0n) is 18.3. The van der Waals surface area contributed by atoms with Gasteiger partial charge in [0.05, 0.1) is 6.61 Å². The monoisotopic (exact) mass is 489 g/mol. The van der Waals surface area contributed by atoms with Gasteiger partial charge in [-0.25, -0.2) is 0 Å². The Morgan fingerprint density at radius 2 is 1.42 bits per heavy atom. The molecule has 0 saturated carbocycles. The van der Waals surface area contributed by atoms with Gasteiger partial charge in [0.2, 0.25) is 0 Å². The predicted molar refractivity (Wildman–Crippen MR) is 137 cm³/mol. The maximum Gasteiger partial charge on any atom is 0.127 e.